The lowest BCUT2D eigenvalue weighted by Gasteiger charge is -2.16. The maximum absolute atomic E-state index is 12.8. The number of likely N-dealkylation sites (tertiary alicyclic amines) is 1. The highest BCUT2D eigenvalue weighted by molar-refractivity contribution is 5.92. The monoisotopic (exact) mass is 287 g/mol. The van der Waals surface area contributed by atoms with E-state index in [9.17, 15) is 9.18 Å². The van der Waals surface area contributed by atoms with E-state index >= 15 is 0 Å². The number of aromatic nitrogens is 2. The summed E-state index contributed by atoms with van der Waals surface area (Å²) in [5, 5.41) is 0. The molecule has 0 saturated carbocycles. The van der Waals surface area contributed by atoms with Crippen LogP contribution in [0.5, 0.6) is 5.75 Å². The molecule has 3 rings (SSSR count). The van der Waals surface area contributed by atoms with Crippen molar-refractivity contribution in [1.82, 2.24) is 14.9 Å². The molecule has 0 bridgehead atoms. The van der Waals surface area contributed by atoms with Crippen LogP contribution in [-0.2, 0) is 0 Å². The molecule has 1 amide bonds. The molecule has 0 N–H and O–H groups in total. The summed E-state index contributed by atoms with van der Waals surface area (Å²) in [4.78, 5) is 21.6. The average molecular weight is 287 g/mol. The third-order valence-corrected chi connectivity index (χ3v) is 3.33. The Morgan fingerprint density at radius 2 is 2.10 bits per heavy atom. The Bertz CT molecular complexity index is 619. The summed E-state index contributed by atoms with van der Waals surface area (Å²) in [6, 6.07) is 6.20. The first-order valence-electron chi connectivity index (χ1n) is 6.70. The molecule has 1 aliphatic rings. The number of pyridine rings is 2. The van der Waals surface area contributed by atoms with E-state index in [1.807, 2.05) is 0 Å². The Balaban J connectivity index is 1.61. The number of rotatable bonds is 3. The van der Waals surface area contributed by atoms with Crippen molar-refractivity contribution in [3.05, 3.63) is 54.4 Å². The summed E-state index contributed by atoms with van der Waals surface area (Å²) < 4.78 is 18.6. The lowest BCUT2D eigenvalue weighted by Crippen LogP contribution is -2.31. The fourth-order valence-corrected chi connectivity index (χ4v) is 2.28. The normalized spacial score (nSPS) is 17.8. The maximum atomic E-state index is 12.8. The van der Waals surface area contributed by atoms with Gasteiger partial charge in [0, 0.05) is 25.4 Å². The highest BCUT2D eigenvalue weighted by Gasteiger charge is 2.28. The molecule has 5 nitrogen and oxygen atoms in total. The van der Waals surface area contributed by atoms with Crippen LogP contribution in [0.25, 0.3) is 0 Å². The van der Waals surface area contributed by atoms with Gasteiger partial charge in [-0.15, -0.1) is 0 Å². The molecule has 0 radical (unpaired) electrons. The van der Waals surface area contributed by atoms with Gasteiger partial charge in [0.05, 0.1) is 12.7 Å². The zero-order valence-electron chi connectivity index (χ0n) is 11.3. The van der Waals surface area contributed by atoms with Gasteiger partial charge in [-0.05, 0) is 24.3 Å². The van der Waals surface area contributed by atoms with E-state index in [1.165, 1.54) is 12.1 Å². The Morgan fingerprint density at radius 1 is 1.29 bits per heavy atom. The van der Waals surface area contributed by atoms with Crippen LogP contribution in [0.2, 0.25) is 0 Å². The molecule has 1 atom stereocenters. The number of hydrogen-bond acceptors (Lipinski definition) is 4. The smallest absolute Gasteiger partial charge is 0.272 e. The predicted molar refractivity (Wildman–Crippen MR) is 73.4 cm³/mol. The third kappa shape index (κ3) is 3.16. The molecule has 2 aromatic heterocycles. The molecular formula is C15H14FN3O2. The lowest BCUT2D eigenvalue weighted by atomic mass is 10.3. The van der Waals surface area contributed by atoms with Gasteiger partial charge in [0.25, 0.3) is 5.91 Å². The summed E-state index contributed by atoms with van der Waals surface area (Å²) in [5.41, 5.74) is 0.251. The van der Waals surface area contributed by atoms with Gasteiger partial charge in [0.1, 0.15) is 23.4 Å². The van der Waals surface area contributed by atoms with Crippen LogP contribution in [0, 0.1) is 5.82 Å². The number of ether oxygens (including phenoxy) is 1. The number of carbonyl (C=O) groups is 1. The predicted octanol–water partition coefficient (Wildman–Crippen LogP) is 1.91. The van der Waals surface area contributed by atoms with Gasteiger partial charge >= 0.3 is 0 Å². The molecule has 0 unspecified atom stereocenters. The molecule has 3 heterocycles. The minimum absolute atomic E-state index is 0.0446. The van der Waals surface area contributed by atoms with E-state index in [-0.39, 0.29) is 17.7 Å². The van der Waals surface area contributed by atoms with Crippen molar-refractivity contribution in [2.24, 2.45) is 0 Å². The molecule has 1 aliphatic heterocycles. The van der Waals surface area contributed by atoms with Crippen LogP contribution in [0.3, 0.4) is 0 Å². The first-order valence-corrected chi connectivity index (χ1v) is 6.70. The zero-order valence-corrected chi connectivity index (χ0v) is 11.3. The van der Waals surface area contributed by atoms with Crippen LogP contribution < -0.4 is 4.74 Å². The molecule has 0 aliphatic carbocycles. The molecule has 108 valence electrons. The van der Waals surface area contributed by atoms with Crippen molar-refractivity contribution in [2.75, 3.05) is 13.1 Å². The van der Waals surface area contributed by atoms with E-state index < -0.39 is 5.82 Å². The van der Waals surface area contributed by atoms with Crippen molar-refractivity contribution in [2.45, 2.75) is 12.5 Å². The summed E-state index contributed by atoms with van der Waals surface area (Å²) in [6.45, 7) is 1.11. The van der Waals surface area contributed by atoms with Crippen LogP contribution in [0.1, 0.15) is 16.9 Å². The quantitative estimate of drug-likeness (QED) is 0.865. The van der Waals surface area contributed by atoms with Crippen molar-refractivity contribution >= 4 is 5.91 Å². The number of halogens is 1. The van der Waals surface area contributed by atoms with Gasteiger partial charge in [0.15, 0.2) is 0 Å². The van der Waals surface area contributed by atoms with Gasteiger partial charge < -0.3 is 9.64 Å². The first kappa shape index (κ1) is 13.5. The number of nitrogens with zero attached hydrogens (tertiary/aromatic N) is 3. The van der Waals surface area contributed by atoms with E-state index in [0.29, 0.717) is 13.1 Å². The maximum Gasteiger partial charge on any atom is 0.272 e. The van der Waals surface area contributed by atoms with Crippen molar-refractivity contribution in [3.8, 4) is 5.75 Å². The summed E-state index contributed by atoms with van der Waals surface area (Å²) in [5.74, 6) is 0.0897. The highest BCUT2D eigenvalue weighted by atomic mass is 19.1. The van der Waals surface area contributed by atoms with E-state index in [4.69, 9.17) is 4.74 Å². The molecule has 1 fully saturated rings. The Kier molecular flexibility index (Phi) is 3.77. The molecule has 2 aromatic rings. The van der Waals surface area contributed by atoms with Gasteiger partial charge in [-0.1, -0.05) is 0 Å². The van der Waals surface area contributed by atoms with Crippen molar-refractivity contribution in [3.63, 3.8) is 0 Å². The van der Waals surface area contributed by atoms with Gasteiger partial charge in [0.2, 0.25) is 0 Å². The summed E-state index contributed by atoms with van der Waals surface area (Å²) in [7, 11) is 0. The number of amides is 1. The zero-order chi connectivity index (χ0) is 14.7. The van der Waals surface area contributed by atoms with Gasteiger partial charge in [-0.25, -0.2) is 9.37 Å². The van der Waals surface area contributed by atoms with Gasteiger partial charge in [-0.3, -0.25) is 9.78 Å². The molecule has 0 spiro atoms. The first-order chi connectivity index (χ1) is 10.2. The summed E-state index contributed by atoms with van der Waals surface area (Å²) >= 11 is 0. The van der Waals surface area contributed by atoms with Crippen molar-refractivity contribution in [1.29, 1.82) is 0 Å². The fraction of sp³-hybridized carbons (Fsp3) is 0.267. The topological polar surface area (TPSA) is 55.3 Å². The van der Waals surface area contributed by atoms with Crippen LogP contribution in [0.4, 0.5) is 4.39 Å². The van der Waals surface area contributed by atoms with Gasteiger partial charge in [-0.2, -0.15) is 0 Å². The Labute approximate surface area is 121 Å². The second kappa shape index (κ2) is 5.87. The standard InChI is InChI=1S/C15H14FN3O2/c16-11-1-2-14(18-9-11)15(20)19-8-5-13(10-19)21-12-3-6-17-7-4-12/h1-4,6-7,9,13H,5,8,10H2/t13-/m1/s1. The second-order valence-corrected chi connectivity index (χ2v) is 4.82. The molecular weight excluding hydrogens is 273 g/mol. The lowest BCUT2D eigenvalue weighted by molar-refractivity contribution is 0.0766. The molecule has 1 saturated heterocycles. The number of carbonyl (C=O) groups excluding carboxylic acids is 1. The highest BCUT2D eigenvalue weighted by Crippen LogP contribution is 2.18. The SMILES string of the molecule is O=C(c1ccc(F)cn1)N1CC[C@@H](Oc2ccncc2)C1. The van der Waals surface area contributed by atoms with Crippen LogP contribution >= 0.6 is 0 Å². The van der Waals surface area contributed by atoms with Crippen LogP contribution in [0.15, 0.2) is 42.9 Å². The Hall–Kier alpha value is -2.50. The van der Waals surface area contributed by atoms with Crippen LogP contribution in [-0.4, -0.2) is 40.0 Å². The molecule has 6 heteroatoms. The number of hydrogen-bond donors (Lipinski definition) is 0. The van der Waals surface area contributed by atoms with Crippen molar-refractivity contribution < 1.29 is 13.9 Å². The Morgan fingerprint density at radius 3 is 2.81 bits per heavy atom. The fourth-order valence-electron chi connectivity index (χ4n) is 2.28. The minimum atomic E-state index is -0.452. The van der Waals surface area contributed by atoms with E-state index in [2.05, 4.69) is 9.97 Å². The third-order valence-electron chi connectivity index (χ3n) is 3.33. The minimum Gasteiger partial charge on any atom is -0.488 e. The van der Waals surface area contributed by atoms with E-state index in [0.717, 1.165) is 18.4 Å². The largest absolute Gasteiger partial charge is 0.488 e. The average Bonchev–Trinajstić information content (AvgIpc) is 2.97. The molecule has 21 heavy (non-hydrogen) atoms. The second-order valence-electron chi connectivity index (χ2n) is 4.82. The summed E-state index contributed by atoms with van der Waals surface area (Å²) in [6.07, 6.45) is 5.09. The van der Waals surface area contributed by atoms with E-state index in [1.54, 1.807) is 29.4 Å². The molecule has 0 aromatic carbocycles.